The molecule has 0 aliphatic carbocycles. The summed E-state index contributed by atoms with van der Waals surface area (Å²) >= 11 is 5.96. The second-order valence-electron chi connectivity index (χ2n) is 8.19. The Balaban J connectivity index is 2.02. The van der Waals surface area contributed by atoms with Crippen LogP contribution in [0, 0.1) is 18.3 Å². The number of hydrogen-bond donors (Lipinski definition) is 0. The van der Waals surface area contributed by atoms with E-state index in [1.54, 1.807) is 61.5 Å². The van der Waals surface area contributed by atoms with Crippen LogP contribution in [0.25, 0.3) is 22.2 Å². The van der Waals surface area contributed by atoms with Crippen LogP contribution >= 0.6 is 11.6 Å². The summed E-state index contributed by atoms with van der Waals surface area (Å²) in [6.07, 6.45) is 2.87. The van der Waals surface area contributed by atoms with Crippen LogP contribution in [-0.4, -0.2) is 42.2 Å². The highest BCUT2D eigenvalue weighted by Crippen LogP contribution is 2.31. The monoisotopic (exact) mass is 504 g/mol. The second-order valence-corrected chi connectivity index (χ2v) is 10.4. The molecule has 0 saturated heterocycles. The van der Waals surface area contributed by atoms with Gasteiger partial charge in [0.2, 0.25) is 5.78 Å². The Kier molecular flexibility index (Phi) is 6.48. The predicted octanol–water partition coefficient (Wildman–Crippen LogP) is 5.05. The van der Waals surface area contributed by atoms with Crippen molar-refractivity contribution in [1.29, 1.82) is 5.26 Å². The lowest BCUT2D eigenvalue weighted by molar-refractivity contribution is 0.103. The van der Waals surface area contributed by atoms with E-state index in [2.05, 4.69) is 4.98 Å². The highest BCUT2D eigenvalue weighted by molar-refractivity contribution is 7.90. The zero-order chi connectivity index (χ0) is 25.3. The van der Waals surface area contributed by atoms with Gasteiger partial charge in [-0.05, 0) is 43.3 Å². The number of benzene rings is 2. The maximum Gasteiger partial charge on any atom is 0.268 e. The number of rotatable bonds is 6. The van der Waals surface area contributed by atoms with Gasteiger partial charge in [-0.3, -0.25) is 9.78 Å². The molecule has 0 bridgehead atoms. The van der Waals surface area contributed by atoms with Crippen molar-refractivity contribution in [2.75, 3.05) is 14.1 Å². The average Bonchev–Trinajstić information content (AvgIpc) is 3.22. The van der Waals surface area contributed by atoms with Crippen molar-refractivity contribution < 1.29 is 13.2 Å². The first-order chi connectivity index (χ1) is 16.6. The van der Waals surface area contributed by atoms with E-state index in [4.69, 9.17) is 11.6 Å². The zero-order valence-electron chi connectivity index (χ0n) is 19.2. The van der Waals surface area contributed by atoms with Crippen LogP contribution in [0.2, 0.25) is 5.02 Å². The third-order valence-electron chi connectivity index (χ3n) is 5.33. The number of nitriles is 1. The number of aryl methyl sites for hydroxylation is 1. The van der Waals surface area contributed by atoms with Crippen LogP contribution in [0.15, 0.2) is 83.5 Å². The molecule has 0 unspecified atom stereocenters. The third kappa shape index (κ3) is 4.69. The molecule has 0 atom stereocenters. The van der Waals surface area contributed by atoms with Gasteiger partial charge in [0.1, 0.15) is 17.3 Å². The molecule has 2 aromatic heterocycles. The molecule has 4 aromatic rings. The van der Waals surface area contributed by atoms with E-state index in [9.17, 15) is 18.5 Å². The number of halogens is 1. The number of Topliss-reactive ketones (excluding diaryl/α,β-unsaturated/α-hetero) is 1. The molecule has 9 heteroatoms. The molecule has 0 saturated carbocycles. The molecular formula is C26H21ClN4O3S. The minimum atomic E-state index is -4.19. The minimum Gasteiger partial charge on any atom is -0.382 e. The number of pyridine rings is 1. The van der Waals surface area contributed by atoms with Crippen LogP contribution in [0.5, 0.6) is 0 Å². The lowest BCUT2D eigenvalue weighted by Gasteiger charge is -2.13. The summed E-state index contributed by atoms with van der Waals surface area (Å²) in [5.41, 5.74) is 2.12. The molecule has 0 aliphatic rings. The van der Waals surface area contributed by atoms with E-state index in [0.29, 0.717) is 27.2 Å². The lowest BCUT2D eigenvalue weighted by Crippen LogP contribution is -2.20. The summed E-state index contributed by atoms with van der Waals surface area (Å²) in [7, 11) is -0.836. The van der Waals surface area contributed by atoms with Crippen LogP contribution in [0.3, 0.4) is 0 Å². The number of fused-ring (bicyclic) bond motifs is 1. The van der Waals surface area contributed by atoms with E-state index in [1.807, 2.05) is 13.0 Å². The van der Waals surface area contributed by atoms with E-state index in [1.165, 1.54) is 30.6 Å². The van der Waals surface area contributed by atoms with Crippen LogP contribution in [0.4, 0.5) is 0 Å². The molecule has 2 aromatic carbocycles. The third-order valence-corrected chi connectivity index (χ3v) is 7.29. The first-order valence-electron chi connectivity index (χ1n) is 10.5. The molecule has 35 heavy (non-hydrogen) atoms. The second kappa shape index (κ2) is 9.37. The number of nitrogens with zero attached hydrogens (tertiary/aromatic N) is 4. The van der Waals surface area contributed by atoms with Gasteiger partial charge in [-0.1, -0.05) is 41.4 Å². The molecule has 0 radical (unpaired) electrons. The summed E-state index contributed by atoms with van der Waals surface area (Å²) in [6.45, 7) is 1.85. The van der Waals surface area contributed by atoms with Gasteiger partial charge < -0.3 is 4.90 Å². The van der Waals surface area contributed by atoms with E-state index in [0.717, 1.165) is 9.54 Å². The van der Waals surface area contributed by atoms with Gasteiger partial charge >= 0.3 is 0 Å². The Morgan fingerprint density at radius 2 is 1.80 bits per heavy atom. The maximum atomic E-state index is 13.8. The number of hydrogen-bond acceptors (Lipinski definition) is 6. The molecule has 0 N–H and O–H groups in total. The summed E-state index contributed by atoms with van der Waals surface area (Å²) in [4.78, 5) is 19.3. The topological polar surface area (TPSA) is 96.1 Å². The van der Waals surface area contributed by atoms with Crippen LogP contribution < -0.4 is 0 Å². The van der Waals surface area contributed by atoms with Crippen molar-refractivity contribution in [2.24, 2.45) is 0 Å². The standard InChI is InChI=1S/C26H21ClN4O3S/c1-17-4-9-22(10-5-17)35(33,34)31-24-12-18(23-11-8-21(27)15-29-23)6-7-19(24)13-25(31)26(32)20(14-28)16-30(2)3/h4-13,15-16H,1-3H3/b20-16+. The number of carbonyl (C=O) groups excluding carboxylic acids is 1. The largest absolute Gasteiger partial charge is 0.382 e. The van der Waals surface area contributed by atoms with E-state index in [-0.39, 0.29) is 16.2 Å². The zero-order valence-corrected chi connectivity index (χ0v) is 20.8. The fourth-order valence-electron chi connectivity index (χ4n) is 3.65. The normalized spacial score (nSPS) is 11.9. The maximum absolute atomic E-state index is 13.8. The van der Waals surface area contributed by atoms with Gasteiger partial charge in [0, 0.05) is 37.4 Å². The van der Waals surface area contributed by atoms with Crippen LogP contribution in [-0.2, 0) is 10.0 Å². The molecule has 7 nitrogen and oxygen atoms in total. The Labute approximate surface area is 208 Å². The Morgan fingerprint density at radius 3 is 2.40 bits per heavy atom. The van der Waals surface area contributed by atoms with Gasteiger partial charge in [0.15, 0.2) is 0 Å². The molecule has 4 rings (SSSR count). The van der Waals surface area contributed by atoms with Gasteiger partial charge in [0.05, 0.1) is 21.1 Å². The molecule has 0 amide bonds. The first kappa shape index (κ1) is 24.2. The summed E-state index contributed by atoms with van der Waals surface area (Å²) in [6, 6.07) is 18.3. The van der Waals surface area contributed by atoms with Gasteiger partial charge in [-0.15, -0.1) is 0 Å². The first-order valence-corrected chi connectivity index (χ1v) is 12.4. The van der Waals surface area contributed by atoms with Gasteiger partial charge in [0.25, 0.3) is 10.0 Å². The van der Waals surface area contributed by atoms with E-state index < -0.39 is 15.8 Å². The average molecular weight is 505 g/mol. The quantitative estimate of drug-likeness (QED) is 0.207. The predicted molar refractivity (Wildman–Crippen MR) is 136 cm³/mol. The summed E-state index contributed by atoms with van der Waals surface area (Å²) < 4.78 is 28.7. The molecule has 0 spiro atoms. The fourth-order valence-corrected chi connectivity index (χ4v) is 5.26. The van der Waals surface area contributed by atoms with Crippen LogP contribution in [0.1, 0.15) is 16.1 Å². The fraction of sp³-hybridized carbons (Fsp3) is 0.115. The smallest absolute Gasteiger partial charge is 0.268 e. The molecule has 2 heterocycles. The van der Waals surface area contributed by atoms with Gasteiger partial charge in [-0.25, -0.2) is 12.4 Å². The SMILES string of the molecule is Cc1ccc(S(=O)(=O)n2c(C(=O)/C(C#N)=C/N(C)C)cc3ccc(-c4ccc(Cl)cn4)cc32)cc1. The van der Waals surface area contributed by atoms with Crippen molar-refractivity contribution in [3.05, 3.63) is 94.9 Å². The van der Waals surface area contributed by atoms with E-state index >= 15 is 0 Å². The van der Waals surface area contributed by atoms with Crippen molar-refractivity contribution >= 4 is 38.3 Å². The minimum absolute atomic E-state index is 0.0276. The van der Waals surface area contributed by atoms with Crippen molar-refractivity contribution in [1.82, 2.24) is 13.9 Å². The van der Waals surface area contributed by atoms with Crippen molar-refractivity contribution in [3.8, 4) is 17.3 Å². The highest BCUT2D eigenvalue weighted by atomic mass is 35.5. The lowest BCUT2D eigenvalue weighted by atomic mass is 10.1. The molecule has 176 valence electrons. The number of allylic oxidation sites excluding steroid dienone is 1. The van der Waals surface area contributed by atoms with Crippen molar-refractivity contribution in [3.63, 3.8) is 0 Å². The summed E-state index contributed by atoms with van der Waals surface area (Å²) in [5, 5.41) is 10.6. The Hall–Kier alpha value is -3.93. The highest BCUT2D eigenvalue weighted by Gasteiger charge is 2.28. The number of carbonyl (C=O) groups is 1. The molecular weight excluding hydrogens is 484 g/mol. The Morgan fingerprint density at radius 1 is 1.09 bits per heavy atom. The summed E-state index contributed by atoms with van der Waals surface area (Å²) in [5.74, 6) is -0.695. The Bertz CT molecular complexity index is 1610. The van der Waals surface area contributed by atoms with Crippen molar-refractivity contribution in [2.45, 2.75) is 11.8 Å². The van der Waals surface area contributed by atoms with Gasteiger partial charge in [-0.2, -0.15) is 5.26 Å². The molecule has 0 aliphatic heterocycles. The molecule has 0 fully saturated rings. The number of aromatic nitrogens is 2. The number of ketones is 1.